The molecular weight excluding hydrogens is 222 g/mol. The quantitative estimate of drug-likeness (QED) is 0.417. The zero-order valence-electron chi connectivity index (χ0n) is 9.89. The van der Waals surface area contributed by atoms with Crippen LogP contribution in [0.25, 0.3) is 6.08 Å². The second-order valence-electron chi connectivity index (χ2n) is 4.28. The summed E-state index contributed by atoms with van der Waals surface area (Å²) < 4.78 is 11.8. The predicted molar refractivity (Wildman–Crippen MR) is 59.7 cm³/mol. The largest absolute Gasteiger partial charge is 0.419 e. The van der Waals surface area contributed by atoms with Gasteiger partial charge in [-0.2, -0.15) is 0 Å². The van der Waals surface area contributed by atoms with Crippen LogP contribution in [0, 0.1) is 0 Å². The number of esters is 2. The third-order valence-electron chi connectivity index (χ3n) is 2.39. The van der Waals surface area contributed by atoms with Crippen molar-refractivity contribution in [3.8, 4) is 0 Å². The van der Waals surface area contributed by atoms with Gasteiger partial charge in [0.25, 0.3) is 5.79 Å². The summed E-state index contributed by atoms with van der Waals surface area (Å²) in [4.78, 5) is 23.3. The van der Waals surface area contributed by atoms with Crippen LogP contribution in [0.4, 0.5) is 0 Å². The zero-order valence-corrected chi connectivity index (χ0v) is 9.89. The molecule has 0 unspecified atom stereocenters. The molecule has 1 aliphatic rings. The van der Waals surface area contributed by atoms with E-state index < -0.39 is 17.7 Å². The van der Waals surface area contributed by atoms with Crippen molar-refractivity contribution in [2.45, 2.75) is 19.6 Å². The maximum atomic E-state index is 11.7. The monoisotopic (exact) mass is 235 g/mol. The molecule has 1 aromatic heterocycles. The van der Waals surface area contributed by atoms with E-state index in [9.17, 15) is 9.59 Å². The van der Waals surface area contributed by atoms with Gasteiger partial charge < -0.3 is 14.0 Å². The van der Waals surface area contributed by atoms with Gasteiger partial charge in [0, 0.05) is 32.8 Å². The highest BCUT2D eigenvalue weighted by Crippen LogP contribution is 2.23. The lowest BCUT2D eigenvalue weighted by Crippen LogP contribution is -2.41. The Bertz CT molecular complexity index is 488. The number of aromatic nitrogens is 1. The summed E-state index contributed by atoms with van der Waals surface area (Å²) >= 11 is 0. The number of carbonyl (C=O) groups excluding carboxylic acids is 2. The minimum absolute atomic E-state index is 0.0916. The lowest BCUT2D eigenvalue weighted by molar-refractivity contribution is -0.222. The van der Waals surface area contributed by atoms with Crippen LogP contribution in [-0.2, 0) is 26.1 Å². The SMILES string of the molecule is Cn1cccc1C=C1C(=O)OC(C)(C)OC1=O. The second-order valence-corrected chi connectivity index (χ2v) is 4.28. The normalized spacial score (nSPS) is 18.6. The van der Waals surface area contributed by atoms with Gasteiger partial charge in [0.2, 0.25) is 0 Å². The van der Waals surface area contributed by atoms with E-state index in [0.29, 0.717) is 0 Å². The fourth-order valence-electron chi connectivity index (χ4n) is 1.55. The number of rotatable bonds is 1. The third-order valence-corrected chi connectivity index (χ3v) is 2.39. The summed E-state index contributed by atoms with van der Waals surface area (Å²) in [6.45, 7) is 3.03. The number of hydrogen-bond acceptors (Lipinski definition) is 4. The van der Waals surface area contributed by atoms with Crippen molar-refractivity contribution < 1.29 is 19.1 Å². The molecule has 1 aromatic rings. The molecule has 1 saturated heterocycles. The van der Waals surface area contributed by atoms with Crippen molar-refractivity contribution >= 4 is 18.0 Å². The van der Waals surface area contributed by atoms with E-state index >= 15 is 0 Å². The Morgan fingerprint density at radius 2 is 1.82 bits per heavy atom. The van der Waals surface area contributed by atoms with Gasteiger partial charge in [-0.1, -0.05) is 0 Å². The van der Waals surface area contributed by atoms with Crippen LogP contribution in [0.2, 0.25) is 0 Å². The van der Waals surface area contributed by atoms with E-state index in [1.165, 1.54) is 19.9 Å². The van der Waals surface area contributed by atoms with E-state index in [1.807, 2.05) is 19.3 Å². The Morgan fingerprint density at radius 1 is 1.24 bits per heavy atom. The Labute approximate surface area is 98.6 Å². The minimum atomic E-state index is -1.19. The topological polar surface area (TPSA) is 57.5 Å². The van der Waals surface area contributed by atoms with Crippen molar-refractivity contribution in [1.82, 2.24) is 4.57 Å². The Kier molecular flexibility index (Phi) is 2.53. The summed E-state index contributed by atoms with van der Waals surface area (Å²) in [6, 6.07) is 3.60. The van der Waals surface area contributed by atoms with E-state index in [4.69, 9.17) is 9.47 Å². The maximum absolute atomic E-state index is 11.7. The van der Waals surface area contributed by atoms with E-state index in [-0.39, 0.29) is 5.57 Å². The van der Waals surface area contributed by atoms with Gasteiger partial charge in [-0.3, -0.25) is 0 Å². The molecule has 0 radical (unpaired) electrons. The first kappa shape index (κ1) is 11.4. The van der Waals surface area contributed by atoms with E-state index in [1.54, 1.807) is 10.6 Å². The smallest absolute Gasteiger partial charge is 0.348 e. The molecule has 0 aromatic carbocycles. The lowest BCUT2D eigenvalue weighted by Gasteiger charge is -2.29. The summed E-state index contributed by atoms with van der Waals surface area (Å²) in [6.07, 6.45) is 3.27. The molecule has 0 spiro atoms. The Hall–Kier alpha value is -2.04. The van der Waals surface area contributed by atoms with Crippen LogP contribution in [0.5, 0.6) is 0 Å². The molecule has 17 heavy (non-hydrogen) atoms. The Morgan fingerprint density at radius 3 is 2.29 bits per heavy atom. The summed E-state index contributed by atoms with van der Waals surface area (Å²) in [5.74, 6) is -2.51. The van der Waals surface area contributed by atoms with Crippen molar-refractivity contribution in [3.63, 3.8) is 0 Å². The molecule has 0 atom stereocenters. The van der Waals surface area contributed by atoms with Gasteiger partial charge in [0.15, 0.2) is 0 Å². The van der Waals surface area contributed by atoms with Gasteiger partial charge in [-0.05, 0) is 18.2 Å². The van der Waals surface area contributed by atoms with Gasteiger partial charge in [-0.25, -0.2) is 9.59 Å². The number of aryl methyl sites for hydroxylation is 1. The molecule has 0 N–H and O–H groups in total. The highest BCUT2D eigenvalue weighted by molar-refractivity contribution is 6.18. The van der Waals surface area contributed by atoms with Crippen molar-refractivity contribution in [2.75, 3.05) is 0 Å². The van der Waals surface area contributed by atoms with Crippen LogP contribution in [0.1, 0.15) is 19.5 Å². The molecule has 1 aliphatic heterocycles. The Balaban J connectivity index is 2.34. The average Bonchev–Trinajstić information content (AvgIpc) is 2.56. The number of hydrogen-bond donors (Lipinski definition) is 0. The van der Waals surface area contributed by atoms with E-state index in [0.717, 1.165) is 5.69 Å². The first-order valence-corrected chi connectivity index (χ1v) is 5.19. The van der Waals surface area contributed by atoms with Gasteiger partial charge in [-0.15, -0.1) is 0 Å². The van der Waals surface area contributed by atoms with Crippen LogP contribution in [-0.4, -0.2) is 22.3 Å². The van der Waals surface area contributed by atoms with Gasteiger partial charge >= 0.3 is 11.9 Å². The van der Waals surface area contributed by atoms with Crippen molar-refractivity contribution in [3.05, 3.63) is 29.6 Å². The maximum Gasteiger partial charge on any atom is 0.348 e. The van der Waals surface area contributed by atoms with E-state index in [2.05, 4.69) is 0 Å². The predicted octanol–water partition coefficient (Wildman–Crippen LogP) is 1.24. The van der Waals surface area contributed by atoms with Crippen molar-refractivity contribution in [2.24, 2.45) is 7.05 Å². The molecule has 5 heteroatoms. The molecule has 0 bridgehead atoms. The standard InChI is InChI=1S/C12H13NO4/c1-12(2)16-10(14)9(11(15)17-12)7-8-5-4-6-13(8)3/h4-7H,1-3H3. The molecule has 2 rings (SSSR count). The summed E-state index contributed by atoms with van der Waals surface area (Å²) in [5, 5.41) is 0. The molecule has 90 valence electrons. The fourth-order valence-corrected chi connectivity index (χ4v) is 1.55. The highest BCUT2D eigenvalue weighted by Gasteiger charge is 2.38. The number of carbonyl (C=O) groups is 2. The first-order chi connectivity index (χ1) is 7.89. The molecule has 0 saturated carbocycles. The minimum Gasteiger partial charge on any atom is -0.419 e. The fraction of sp³-hybridized carbons (Fsp3) is 0.333. The van der Waals surface area contributed by atoms with Crippen LogP contribution in [0.3, 0.4) is 0 Å². The van der Waals surface area contributed by atoms with Crippen LogP contribution < -0.4 is 0 Å². The zero-order chi connectivity index (χ0) is 12.6. The number of ether oxygens (including phenoxy) is 2. The summed E-state index contributed by atoms with van der Waals surface area (Å²) in [7, 11) is 1.82. The summed E-state index contributed by atoms with van der Waals surface area (Å²) in [5.41, 5.74) is 0.639. The molecular formula is C12H13NO4. The number of cyclic esters (lactones) is 2. The average molecular weight is 235 g/mol. The third kappa shape index (κ3) is 2.22. The molecule has 0 aliphatic carbocycles. The van der Waals surface area contributed by atoms with Gasteiger partial charge in [0.05, 0.1) is 0 Å². The molecule has 2 heterocycles. The van der Waals surface area contributed by atoms with Gasteiger partial charge in [0.1, 0.15) is 5.57 Å². The second kappa shape index (κ2) is 3.76. The van der Waals surface area contributed by atoms with Crippen molar-refractivity contribution in [1.29, 1.82) is 0 Å². The molecule has 5 nitrogen and oxygen atoms in total. The van der Waals surface area contributed by atoms with Crippen LogP contribution >= 0.6 is 0 Å². The lowest BCUT2D eigenvalue weighted by atomic mass is 10.2. The first-order valence-electron chi connectivity index (χ1n) is 5.19. The number of nitrogens with zero attached hydrogens (tertiary/aromatic N) is 1. The molecule has 0 amide bonds. The highest BCUT2D eigenvalue weighted by atomic mass is 16.7. The molecule has 1 fully saturated rings. The van der Waals surface area contributed by atoms with Crippen LogP contribution in [0.15, 0.2) is 23.9 Å².